The van der Waals surface area contributed by atoms with E-state index < -0.39 is 0 Å². The molecule has 2 N–H and O–H groups in total. The van der Waals surface area contributed by atoms with E-state index in [2.05, 4.69) is 14.9 Å². The van der Waals surface area contributed by atoms with Gasteiger partial charge in [0.25, 0.3) is 0 Å². The van der Waals surface area contributed by atoms with Crippen LogP contribution in [0.15, 0.2) is 6.07 Å². The average Bonchev–Trinajstić information content (AvgIpc) is 2.78. The fourth-order valence-corrected chi connectivity index (χ4v) is 2.97. The molecule has 20 heavy (non-hydrogen) atoms. The van der Waals surface area contributed by atoms with Gasteiger partial charge in [0.1, 0.15) is 11.6 Å². The Hall–Kier alpha value is -1.56. The number of nitrogens with zero attached hydrogens (tertiary/aromatic N) is 4. The predicted molar refractivity (Wildman–Crippen MR) is 79.1 cm³/mol. The van der Waals surface area contributed by atoms with Crippen LogP contribution in [0.4, 0.5) is 17.6 Å². The van der Waals surface area contributed by atoms with Crippen molar-refractivity contribution in [2.45, 2.75) is 31.1 Å². The van der Waals surface area contributed by atoms with Gasteiger partial charge in [0.05, 0.1) is 5.38 Å². The fourth-order valence-electron chi connectivity index (χ4n) is 2.70. The first kappa shape index (κ1) is 13.4. The van der Waals surface area contributed by atoms with E-state index >= 15 is 0 Å². The molecule has 1 aromatic heterocycles. The van der Waals surface area contributed by atoms with Gasteiger partial charge in [-0.25, -0.2) is 0 Å². The van der Waals surface area contributed by atoms with Gasteiger partial charge in [-0.2, -0.15) is 9.97 Å². The van der Waals surface area contributed by atoms with Gasteiger partial charge in [-0.15, -0.1) is 11.6 Å². The van der Waals surface area contributed by atoms with Crippen LogP contribution < -0.4 is 15.5 Å². The van der Waals surface area contributed by atoms with Gasteiger partial charge in [-0.1, -0.05) is 0 Å². The molecule has 108 valence electrons. The third kappa shape index (κ3) is 2.65. The summed E-state index contributed by atoms with van der Waals surface area (Å²) in [5.41, 5.74) is 5.87. The number of carbonyl (C=O) groups excluding carboxylic acids is 1. The molecule has 1 amide bonds. The Morgan fingerprint density at radius 1 is 1.25 bits per heavy atom. The van der Waals surface area contributed by atoms with Gasteiger partial charge in [0.2, 0.25) is 11.9 Å². The second-order valence-corrected chi connectivity index (χ2v) is 5.92. The van der Waals surface area contributed by atoms with E-state index in [1.165, 1.54) is 11.3 Å². The summed E-state index contributed by atoms with van der Waals surface area (Å²) in [4.78, 5) is 24.3. The Balaban J connectivity index is 1.88. The minimum atomic E-state index is -0.175. The lowest BCUT2D eigenvalue weighted by atomic mass is 10.1. The first-order valence-electron chi connectivity index (χ1n) is 6.97. The molecule has 0 aromatic carbocycles. The molecule has 6 nitrogen and oxygen atoms in total. The lowest BCUT2D eigenvalue weighted by Gasteiger charge is -2.28. The van der Waals surface area contributed by atoms with Crippen molar-refractivity contribution >= 4 is 35.1 Å². The molecular weight excluding hydrogens is 278 g/mol. The van der Waals surface area contributed by atoms with E-state index in [4.69, 9.17) is 17.3 Å². The van der Waals surface area contributed by atoms with Gasteiger partial charge < -0.3 is 10.6 Å². The van der Waals surface area contributed by atoms with Crippen LogP contribution in [0, 0.1) is 0 Å². The number of hydrogen-bond acceptors (Lipinski definition) is 5. The molecule has 2 saturated heterocycles. The summed E-state index contributed by atoms with van der Waals surface area (Å²) in [6.07, 6.45) is 3.90. The smallest absolute Gasteiger partial charge is 0.236 e. The van der Waals surface area contributed by atoms with Crippen LogP contribution in [0.1, 0.15) is 25.7 Å². The Bertz CT molecular complexity index is 517. The fraction of sp³-hybridized carbons (Fsp3) is 0.615. The molecule has 0 spiro atoms. The molecule has 2 aliphatic heterocycles. The van der Waals surface area contributed by atoms with Gasteiger partial charge in [-0.05, 0) is 19.3 Å². The Morgan fingerprint density at radius 3 is 2.65 bits per heavy atom. The molecule has 0 radical (unpaired) electrons. The minimum absolute atomic E-state index is 0.0415. The minimum Gasteiger partial charge on any atom is -0.383 e. The average molecular weight is 296 g/mol. The highest BCUT2D eigenvalue weighted by molar-refractivity contribution is 6.24. The summed E-state index contributed by atoms with van der Waals surface area (Å²) >= 11 is 6.02. The van der Waals surface area contributed by atoms with E-state index in [-0.39, 0.29) is 11.3 Å². The summed E-state index contributed by atoms with van der Waals surface area (Å²) in [6.45, 7) is 2.40. The van der Waals surface area contributed by atoms with Gasteiger partial charge in [-0.3, -0.25) is 9.69 Å². The van der Waals surface area contributed by atoms with Crippen molar-refractivity contribution in [2.24, 2.45) is 0 Å². The van der Waals surface area contributed by atoms with Crippen LogP contribution in [0.25, 0.3) is 0 Å². The van der Waals surface area contributed by atoms with Crippen molar-refractivity contribution in [3.8, 4) is 0 Å². The van der Waals surface area contributed by atoms with Crippen molar-refractivity contribution in [1.82, 2.24) is 9.97 Å². The quantitative estimate of drug-likeness (QED) is 0.835. The second kappa shape index (κ2) is 5.44. The van der Waals surface area contributed by atoms with Crippen molar-refractivity contribution in [3.63, 3.8) is 0 Å². The summed E-state index contributed by atoms with van der Waals surface area (Å²) < 4.78 is 0. The summed E-state index contributed by atoms with van der Waals surface area (Å²) in [7, 11) is 0. The van der Waals surface area contributed by atoms with E-state index in [1.807, 2.05) is 0 Å². The number of aromatic nitrogens is 2. The molecule has 0 bridgehead atoms. The van der Waals surface area contributed by atoms with Crippen LogP contribution in [0.3, 0.4) is 0 Å². The summed E-state index contributed by atoms with van der Waals surface area (Å²) in [5, 5.41) is -0.175. The maximum Gasteiger partial charge on any atom is 0.236 e. The molecule has 3 rings (SSSR count). The second-order valence-electron chi connectivity index (χ2n) is 5.30. The van der Waals surface area contributed by atoms with E-state index in [0.717, 1.165) is 31.7 Å². The van der Waals surface area contributed by atoms with Crippen LogP contribution >= 0.6 is 11.6 Å². The lowest BCUT2D eigenvalue weighted by Crippen LogP contribution is -2.32. The van der Waals surface area contributed by atoms with Gasteiger partial charge in [0, 0.05) is 32.1 Å². The van der Waals surface area contributed by atoms with Crippen LogP contribution in [0.2, 0.25) is 0 Å². The van der Waals surface area contributed by atoms with Gasteiger partial charge >= 0.3 is 0 Å². The number of alkyl halides is 1. The van der Waals surface area contributed by atoms with E-state index in [0.29, 0.717) is 24.7 Å². The van der Waals surface area contributed by atoms with Crippen LogP contribution in [-0.2, 0) is 4.79 Å². The first-order valence-corrected chi connectivity index (χ1v) is 7.41. The van der Waals surface area contributed by atoms with Crippen molar-refractivity contribution in [3.05, 3.63) is 6.07 Å². The number of carbonyl (C=O) groups is 1. The SMILES string of the molecule is Nc1cc(N2CCCCC2)nc(N2CC(Cl)CC2=O)n1. The van der Waals surface area contributed by atoms with Crippen molar-refractivity contribution < 1.29 is 4.79 Å². The lowest BCUT2D eigenvalue weighted by molar-refractivity contribution is -0.117. The Morgan fingerprint density at radius 2 is 2.00 bits per heavy atom. The molecule has 0 saturated carbocycles. The van der Waals surface area contributed by atoms with Crippen LogP contribution in [0.5, 0.6) is 0 Å². The first-order chi connectivity index (χ1) is 9.63. The summed E-state index contributed by atoms with van der Waals surface area (Å²) in [5.74, 6) is 1.53. The monoisotopic (exact) mass is 295 g/mol. The number of halogens is 1. The highest BCUT2D eigenvalue weighted by Crippen LogP contribution is 2.26. The Kier molecular flexibility index (Phi) is 3.65. The zero-order valence-electron chi connectivity index (χ0n) is 11.3. The molecule has 1 aromatic rings. The molecule has 0 aliphatic carbocycles. The normalized spacial score (nSPS) is 23.4. The number of rotatable bonds is 2. The van der Waals surface area contributed by atoms with Crippen LogP contribution in [-0.4, -0.2) is 40.9 Å². The number of amides is 1. The molecule has 1 atom stereocenters. The zero-order chi connectivity index (χ0) is 14.1. The molecule has 2 aliphatic rings. The molecular formula is C13H18ClN5O. The standard InChI is InChI=1S/C13H18ClN5O/c14-9-6-12(20)19(8-9)13-16-10(15)7-11(17-13)18-4-2-1-3-5-18/h7,9H,1-6,8H2,(H2,15,16,17). The molecule has 1 unspecified atom stereocenters. The van der Waals surface area contributed by atoms with E-state index in [1.54, 1.807) is 6.07 Å². The topological polar surface area (TPSA) is 75.3 Å². The largest absolute Gasteiger partial charge is 0.383 e. The number of nitrogens with two attached hydrogens (primary N) is 1. The molecule has 7 heteroatoms. The Labute approximate surface area is 122 Å². The van der Waals surface area contributed by atoms with Gasteiger partial charge in [0.15, 0.2) is 0 Å². The maximum absolute atomic E-state index is 11.9. The highest BCUT2D eigenvalue weighted by atomic mass is 35.5. The third-order valence-corrected chi connectivity index (χ3v) is 4.01. The molecule has 2 fully saturated rings. The number of hydrogen-bond donors (Lipinski definition) is 1. The zero-order valence-corrected chi connectivity index (χ0v) is 12.0. The van der Waals surface area contributed by atoms with Crippen molar-refractivity contribution in [1.29, 1.82) is 0 Å². The number of nitrogen functional groups attached to an aromatic ring is 1. The maximum atomic E-state index is 11.9. The predicted octanol–water partition coefficient (Wildman–Crippen LogP) is 1.39. The number of piperidine rings is 1. The number of anilines is 3. The highest BCUT2D eigenvalue weighted by Gasteiger charge is 2.31. The third-order valence-electron chi connectivity index (χ3n) is 3.72. The molecule has 3 heterocycles. The summed E-state index contributed by atoms with van der Waals surface area (Å²) in [6, 6.07) is 1.77. The van der Waals surface area contributed by atoms with E-state index in [9.17, 15) is 4.79 Å². The van der Waals surface area contributed by atoms with Crippen molar-refractivity contribution in [2.75, 3.05) is 35.2 Å².